The molecule has 0 radical (unpaired) electrons. The van der Waals surface area contributed by atoms with Crippen molar-refractivity contribution in [3.05, 3.63) is 65.4 Å². The van der Waals surface area contributed by atoms with Gasteiger partial charge in [-0.2, -0.15) is 13.2 Å². The molecule has 0 spiro atoms. The Hall–Kier alpha value is -1.75. The van der Waals surface area contributed by atoms with Crippen LogP contribution in [0.1, 0.15) is 47.0 Å². The van der Waals surface area contributed by atoms with E-state index in [1.54, 1.807) is 36.4 Å². The number of piperidine rings is 1. The second-order valence-corrected chi connectivity index (χ2v) is 13.3. The van der Waals surface area contributed by atoms with Crippen LogP contribution in [0, 0.1) is 11.8 Å². The van der Waals surface area contributed by atoms with Crippen LogP contribution in [0.3, 0.4) is 0 Å². The molecule has 0 aromatic heterocycles. The van der Waals surface area contributed by atoms with Gasteiger partial charge >= 0.3 is 6.18 Å². The molecule has 1 fully saturated rings. The molecule has 0 bridgehead atoms. The van der Waals surface area contributed by atoms with E-state index in [-0.39, 0.29) is 23.5 Å². The summed E-state index contributed by atoms with van der Waals surface area (Å²) < 4.78 is 72.8. The van der Waals surface area contributed by atoms with Crippen molar-refractivity contribution in [2.24, 2.45) is 11.8 Å². The van der Waals surface area contributed by atoms with Crippen LogP contribution in [0.15, 0.2) is 70.3 Å². The molecular weight excluding hydrogens is 495 g/mol. The molecular formula is C25H32F3N3O2S2. The lowest BCUT2D eigenvalue weighted by molar-refractivity contribution is -0.163. The van der Waals surface area contributed by atoms with Gasteiger partial charge in [0.05, 0.1) is 15.7 Å². The summed E-state index contributed by atoms with van der Waals surface area (Å²) in [5.74, 6) is -2.44. The van der Waals surface area contributed by atoms with Crippen LogP contribution in [0.5, 0.6) is 0 Å². The molecule has 192 valence electrons. The van der Waals surface area contributed by atoms with E-state index in [9.17, 15) is 21.6 Å². The van der Waals surface area contributed by atoms with Gasteiger partial charge < -0.3 is 5.32 Å². The fourth-order valence-electron chi connectivity index (χ4n) is 5.47. The van der Waals surface area contributed by atoms with Crippen molar-refractivity contribution in [2.45, 2.75) is 75.1 Å². The minimum Gasteiger partial charge on any atom is -0.307 e. The highest BCUT2D eigenvalue weighted by Crippen LogP contribution is 2.45. The van der Waals surface area contributed by atoms with E-state index in [4.69, 9.17) is 0 Å². The zero-order valence-electron chi connectivity index (χ0n) is 20.3. The molecule has 3 aliphatic rings. The quantitative estimate of drug-likeness (QED) is 0.562. The Kier molecular flexibility index (Phi) is 7.23. The minimum atomic E-state index is -4.42. The third kappa shape index (κ3) is 5.98. The van der Waals surface area contributed by atoms with Crippen molar-refractivity contribution in [1.29, 1.82) is 0 Å². The lowest BCUT2D eigenvalue weighted by Gasteiger charge is -2.46. The van der Waals surface area contributed by atoms with Gasteiger partial charge in [-0.25, -0.2) is 13.1 Å². The van der Waals surface area contributed by atoms with Crippen LogP contribution in [-0.2, 0) is 22.0 Å². The minimum absolute atomic E-state index is 0.0913. The van der Waals surface area contributed by atoms with E-state index in [0.717, 1.165) is 18.9 Å². The molecule has 5 nitrogen and oxygen atoms in total. The second kappa shape index (κ2) is 9.61. The normalized spacial score (nSPS) is 28.0. The van der Waals surface area contributed by atoms with Crippen LogP contribution in [0.2, 0.25) is 0 Å². The van der Waals surface area contributed by atoms with Crippen molar-refractivity contribution >= 4 is 22.0 Å². The molecule has 10 heteroatoms. The number of alkyl halides is 3. The summed E-state index contributed by atoms with van der Waals surface area (Å²) in [5, 5.41) is 3.58. The molecule has 4 rings (SSSR count). The van der Waals surface area contributed by atoms with Gasteiger partial charge in [0.15, 0.2) is 11.0 Å². The fourth-order valence-corrected chi connectivity index (χ4v) is 8.02. The van der Waals surface area contributed by atoms with E-state index < -0.39 is 40.0 Å². The molecule has 1 aliphatic carbocycles. The average Bonchev–Trinajstić information content (AvgIpc) is 2.93. The molecule has 35 heavy (non-hydrogen) atoms. The Morgan fingerprint density at radius 1 is 1.06 bits per heavy atom. The highest BCUT2D eigenvalue weighted by Gasteiger charge is 2.46. The number of benzene rings is 1. The van der Waals surface area contributed by atoms with Crippen molar-refractivity contribution in [3.8, 4) is 0 Å². The van der Waals surface area contributed by atoms with Crippen LogP contribution in [-0.4, -0.2) is 36.0 Å². The van der Waals surface area contributed by atoms with Crippen molar-refractivity contribution in [1.82, 2.24) is 14.3 Å². The monoisotopic (exact) mass is 527 g/mol. The van der Waals surface area contributed by atoms with Crippen molar-refractivity contribution in [3.63, 3.8) is 0 Å². The zero-order chi connectivity index (χ0) is 25.6. The molecule has 1 saturated heterocycles. The highest BCUT2D eigenvalue weighted by molar-refractivity contribution is 7.87. The first-order chi connectivity index (χ1) is 16.3. The second-order valence-electron chi connectivity index (χ2n) is 10.7. The van der Waals surface area contributed by atoms with Gasteiger partial charge in [-0.1, -0.05) is 30.4 Å². The van der Waals surface area contributed by atoms with Gasteiger partial charge in [0.25, 0.3) is 0 Å². The maximum Gasteiger partial charge on any atom is 0.395 e. The van der Waals surface area contributed by atoms with E-state index in [1.165, 1.54) is 16.6 Å². The molecule has 4 unspecified atom stereocenters. The summed E-state index contributed by atoms with van der Waals surface area (Å²) in [4.78, 5) is 0.846. The fraction of sp³-hybridized carbons (Fsp3) is 0.520. The Morgan fingerprint density at radius 2 is 1.69 bits per heavy atom. The first-order valence-corrected chi connectivity index (χ1v) is 13.9. The van der Waals surface area contributed by atoms with E-state index in [2.05, 4.69) is 37.7 Å². The number of hydrogen-bond acceptors (Lipinski definition) is 3. The highest BCUT2D eigenvalue weighted by atomic mass is 32.2. The molecule has 0 saturated carbocycles. The SMILES string of the molecule is CC1(C)CC(NS(=O)C2=CN(S(=O)c3ccccc3)C3=CC=CC(C(F)(F)F)CC32)CC(C)(C)N1. The van der Waals surface area contributed by atoms with E-state index in [0.29, 0.717) is 15.5 Å². The molecule has 2 N–H and O–H groups in total. The zero-order valence-corrected chi connectivity index (χ0v) is 21.9. The van der Waals surface area contributed by atoms with Gasteiger partial charge in [-0.15, -0.1) is 0 Å². The molecule has 1 aromatic rings. The third-order valence-corrected chi connectivity index (χ3v) is 9.24. The van der Waals surface area contributed by atoms with Gasteiger partial charge in [0.1, 0.15) is 11.0 Å². The van der Waals surface area contributed by atoms with Crippen molar-refractivity contribution < 1.29 is 21.6 Å². The number of halogens is 3. The Labute approximate surface area is 210 Å². The van der Waals surface area contributed by atoms with Crippen LogP contribution >= 0.6 is 0 Å². The number of nitrogens with zero attached hydrogens (tertiary/aromatic N) is 1. The number of fused-ring (bicyclic) bond motifs is 1. The number of rotatable bonds is 5. The first kappa shape index (κ1) is 26.3. The molecule has 0 amide bonds. The lowest BCUT2D eigenvalue weighted by Crippen LogP contribution is -2.61. The number of hydrogen-bond donors (Lipinski definition) is 2. The maximum atomic E-state index is 13.7. The summed E-state index contributed by atoms with van der Waals surface area (Å²) in [5.41, 5.74) is 0.0896. The molecule has 4 atom stereocenters. The Bertz CT molecular complexity index is 1080. The smallest absolute Gasteiger partial charge is 0.307 e. The van der Waals surface area contributed by atoms with Crippen LogP contribution in [0.4, 0.5) is 13.2 Å². The Balaban J connectivity index is 1.65. The van der Waals surface area contributed by atoms with E-state index >= 15 is 0 Å². The van der Waals surface area contributed by atoms with Crippen molar-refractivity contribution in [2.75, 3.05) is 0 Å². The predicted molar refractivity (Wildman–Crippen MR) is 133 cm³/mol. The van der Waals surface area contributed by atoms with Gasteiger partial charge in [-0.3, -0.25) is 4.31 Å². The maximum absolute atomic E-state index is 13.7. The van der Waals surface area contributed by atoms with E-state index in [1.807, 2.05) is 0 Å². The lowest BCUT2D eigenvalue weighted by atomic mass is 9.80. The van der Waals surface area contributed by atoms with Crippen LogP contribution < -0.4 is 10.0 Å². The number of nitrogens with one attached hydrogen (secondary N) is 2. The summed E-state index contributed by atoms with van der Waals surface area (Å²) in [6.45, 7) is 8.32. The predicted octanol–water partition coefficient (Wildman–Crippen LogP) is 5.07. The van der Waals surface area contributed by atoms with Gasteiger partial charge in [-0.05, 0) is 65.2 Å². The summed E-state index contributed by atoms with van der Waals surface area (Å²) >= 11 is 0. The largest absolute Gasteiger partial charge is 0.395 e. The summed E-state index contributed by atoms with van der Waals surface area (Å²) in [6.07, 6.45) is 2.31. The van der Waals surface area contributed by atoms with Gasteiger partial charge in [0.2, 0.25) is 0 Å². The topological polar surface area (TPSA) is 61.4 Å². The number of allylic oxidation sites excluding steroid dienone is 4. The first-order valence-electron chi connectivity index (χ1n) is 11.7. The third-order valence-electron chi connectivity index (χ3n) is 6.52. The molecule has 2 aliphatic heterocycles. The van der Waals surface area contributed by atoms with Gasteiger partial charge in [0, 0.05) is 34.9 Å². The summed E-state index contributed by atoms with van der Waals surface area (Å²) in [6, 6.07) is 8.64. The molecule has 2 heterocycles. The standard InChI is InChI=1S/C25H32F3N3O2S2/c1-23(2)14-18(15-24(3,4)30-23)29-34(32)22-16-31(35(33)19-10-6-5-7-11-19)21-12-8-9-17(13-20(21)22)25(26,27)28/h5-12,16-18,20,29-30H,13-15H2,1-4H3. The Morgan fingerprint density at radius 3 is 2.29 bits per heavy atom. The molecule has 1 aromatic carbocycles. The summed E-state index contributed by atoms with van der Waals surface area (Å²) in [7, 11) is -3.43. The average molecular weight is 528 g/mol. The van der Waals surface area contributed by atoms with Crippen LogP contribution in [0.25, 0.3) is 0 Å².